The predicted molar refractivity (Wildman–Crippen MR) is 86.1 cm³/mol. The summed E-state index contributed by atoms with van der Waals surface area (Å²) >= 11 is 5.81. The number of carbonyl (C=O) groups excluding carboxylic acids is 1. The number of rotatable bonds is 3. The van der Waals surface area contributed by atoms with Crippen molar-refractivity contribution in [3.05, 3.63) is 53.0 Å². The van der Waals surface area contributed by atoms with Crippen LogP contribution in [0.1, 0.15) is 16.2 Å². The summed E-state index contributed by atoms with van der Waals surface area (Å²) in [5.41, 5.74) is 7.23. The van der Waals surface area contributed by atoms with E-state index in [1.165, 1.54) is 12.1 Å². The standard InChI is InChI=1S/C15H12ClN5O2/c1-8-18-14(21-23-8)9-3-2-4-11(5-9)19-15(22)10-6-12(16)20-13(17)7-10/h2-7H,1H3,(H2,17,20)(H,19,22). The van der Waals surface area contributed by atoms with E-state index in [1.54, 1.807) is 25.1 Å². The molecule has 1 amide bonds. The lowest BCUT2D eigenvalue weighted by Crippen LogP contribution is -2.12. The number of nitrogens with two attached hydrogens (primary N) is 1. The van der Waals surface area contributed by atoms with Crippen LogP contribution in [0.25, 0.3) is 11.4 Å². The van der Waals surface area contributed by atoms with Crippen molar-refractivity contribution < 1.29 is 9.32 Å². The van der Waals surface area contributed by atoms with Gasteiger partial charge in [0.15, 0.2) is 0 Å². The number of halogens is 1. The second-order valence-electron chi connectivity index (χ2n) is 4.78. The van der Waals surface area contributed by atoms with Gasteiger partial charge in [0, 0.05) is 23.7 Å². The number of aryl methyl sites for hydroxylation is 1. The van der Waals surface area contributed by atoms with Crippen molar-refractivity contribution in [2.24, 2.45) is 0 Å². The molecule has 0 aliphatic rings. The third-order valence-corrected chi connectivity index (χ3v) is 3.18. The van der Waals surface area contributed by atoms with Crippen molar-refractivity contribution >= 4 is 29.0 Å². The van der Waals surface area contributed by atoms with E-state index in [4.69, 9.17) is 21.9 Å². The molecule has 7 nitrogen and oxygen atoms in total. The molecule has 0 atom stereocenters. The van der Waals surface area contributed by atoms with Crippen LogP contribution in [0.2, 0.25) is 5.15 Å². The number of nitrogen functional groups attached to an aromatic ring is 1. The second-order valence-corrected chi connectivity index (χ2v) is 5.16. The molecule has 3 rings (SSSR count). The van der Waals surface area contributed by atoms with Crippen molar-refractivity contribution in [2.45, 2.75) is 6.92 Å². The van der Waals surface area contributed by atoms with Crippen LogP contribution in [0.5, 0.6) is 0 Å². The number of aromatic nitrogens is 3. The normalized spacial score (nSPS) is 10.5. The number of carbonyl (C=O) groups is 1. The van der Waals surface area contributed by atoms with E-state index in [2.05, 4.69) is 20.4 Å². The van der Waals surface area contributed by atoms with Crippen LogP contribution in [0.4, 0.5) is 11.5 Å². The van der Waals surface area contributed by atoms with Crippen LogP contribution in [-0.4, -0.2) is 21.0 Å². The molecule has 2 aromatic heterocycles. The van der Waals surface area contributed by atoms with Gasteiger partial charge in [0.2, 0.25) is 11.7 Å². The number of nitrogens with zero attached hydrogens (tertiary/aromatic N) is 3. The molecular weight excluding hydrogens is 318 g/mol. The number of anilines is 2. The van der Waals surface area contributed by atoms with Crippen molar-refractivity contribution in [1.29, 1.82) is 0 Å². The van der Waals surface area contributed by atoms with E-state index in [0.29, 0.717) is 23.0 Å². The Bertz CT molecular complexity index is 858. The topological polar surface area (TPSA) is 107 Å². The molecular formula is C15H12ClN5O2. The fourth-order valence-electron chi connectivity index (χ4n) is 2.00. The fourth-order valence-corrected chi connectivity index (χ4v) is 2.22. The fraction of sp³-hybridized carbons (Fsp3) is 0.0667. The highest BCUT2D eigenvalue weighted by molar-refractivity contribution is 6.30. The number of benzene rings is 1. The van der Waals surface area contributed by atoms with Gasteiger partial charge in [-0.15, -0.1) is 0 Å². The molecule has 116 valence electrons. The van der Waals surface area contributed by atoms with Gasteiger partial charge in [-0.3, -0.25) is 4.79 Å². The van der Waals surface area contributed by atoms with E-state index in [0.717, 1.165) is 5.56 Å². The zero-order chi connectivity index (χ0) is 16.4. The molecule has 0 radical (unpaired) electrons. The SMILES string of the molecule is Cc1nc(-c2cccc(NC(=O)c3cc(N)nc(Cl)c3)c2)no1. The maximum Gasteiger partial charge on any atom is 0.255 e. The Morgan fingerprint density at radius 1 is 1.26 bits per heavy atom. The van der Waals surface area contributed by atoms with Gasteiger partial charge in [-0.25, -0.2) is 4.98 Å². The molecule has 1 aromatic carbocycles. The highest BCUT2D eigenvalue weighted by Crippen LogP contribution is 2.21. The lowest BCUT2D eigenvalue weighted by molar-refractivity contribution is 0.102. The van der Waals surface area contributed by atoms with Crippen LogP contribution >= 0.6 is 11.6 Å². The largest absolute Gasteiger partial charge is 0.384 e. The van der Waals surface area contributed by atoms with Gasteiger partial charge in [-0.2, -0.15) is 4.98 Å². The maximum absolute atomic E-state index is 12.3. The van der Waals surface area contributed by atoms with Crippen LogP contribution < -0.4 is 11.1 Å². The Kier molecular flexibility index (Phi) is 3.94. The van der Waals surface area contributed by atoms with Gasteiger partial charge in [-0.1, -0.05) is 28.9 Å². The summed E-state index contributed by atoms with van der Waals surface area (Å²) in [7, 11) is 0. The van der Waals surface area contributed by atoms with Crippen LogP contribution in [0.15, 0.2) is 40.9 Å². The average molecular weight is 330 g/mol. The molecule has 0 aliphatic heterocycles. The molecule has 8 heteroatoms. The Hall–Kier alpha value is -2.93. The summed E-state index contributed by atoms with van der Waals surface area (Å²) in [6, 6.07) is 9.99. The van der Waals surface area contributed by atoms with E-state index >= 15 is 0 Å². The quantitative estimate of drug-likeness (QED) is 0.715. The zero-order valence-corrected chi connectivity index (χ0v) is 12.8. The molecule has 0 aliphatic carbocycles. The monoisotopic (exact) mass is 329 g/mol. The molecule has 3 aromatic rings. The van der Waals surface area contributed by atoms with Gasteiger partial charge >= 0.3 is 0 Å². The molecule has 0 saturated carbocycles. The molecule has 2 heterocycles. The second kappa shape index (κ2) is 6.05. The zero-order valence-electron chi connectivity index (χ0n) is 12.1. The molecule has 0 spiro atoms. The first-order valence-electron chi connectivity index (χ1n) is 6.66. The van der Waals surface area contributed by atoms with Gasteiger partial charge in [0.1, 0.15) is 11.0 Å². The van der Waals surface area contributed by atoms with Gasteiger partial charge in [0.05, 0.1) is 0 Å². The first-order chi connectivity index (χ1) is 11.0. The smallest absolute Gasteiger partial charge is 0.255 e. The summed E-state index contributed by atoms with van der Waals surface area (Å²) in [5, 5.41) is 6.77. The summed E-state index contributed by atoms with van der Waals surface area (Å²) in [5.74, 6) is 0.757. The third kappa shape index (κ3) is 3.46. The highest BCUT2D eigenvalue weighted by atomic mass is 35.5. The van der Waals surface area contributed by atoms with Crippen LogP contribution in [-0.2, 0) is 0 Å². The van der Waals surface area contributed by atoms with Gasteiger partial charge in [0.25, 0.3) is 5.91 Å². The number of pyridine rings is 1. The van der Waals surface area contributed by atoms with Crippen molar-refractivity contribution in [2.75, 3.05) is 11.1 Å². The van der Waals surface area contributed by atoms with Crippen molar-refractivity contribution in [1.82, 2.24) is 15.1 Å². The first-order valence-corrected chi connectivity index (χ1v) is 7.04. The molecule has 0 unspecified atom stereocenters. The summed E-state index contributed by atoms with van der Waals surface area (Å²) < 4.78 is 4.95. The van der Waals surface area contributed by atoms with E-state index in [1.807, 2.05) is 6.07 Å². The number of amides is 1. The molecule has 23 heavy (non-hydrogen) atoms. The molecule has 0 saturated heterocycles. The number of hydrogen-bond acceptors (Lipinski definition) is 6. The number of nitrogens with one attached hydrogen (secondary N) is 1. The Labute approximate surface area is 136 Å². The molecule has 3 N–H and O–H groups in total. The van der Waals surface area contributed by atoms with Gasteiger partial charge < -0.3 is 15.6 Å². The summed E-state index contributed by atoms with van der Waals surface area (Å²) in [6.45, 7) is 1.71. The third-order valence-electron chi connectivity index (χ3n) is 2.98. The van der Waals surface area contributed by atoms with Crippen LogP contribution in [0.3, 0.4) is 0 Å². The van der Waals surface area contributed by atoms with E-state index in [9.17, 15) is 4.79 Å². The minimum absolute atomic E-state index is 0.158. The van der Waals surface area contributed by atoms with Crippen molar-refractivity contribution in [3.63, 3.8) is 0 Å². The maximum atomic E-state index is 12.3. The summed E-state index contributed by atoms with van der Waals surface area (Å²) in [6.07, 6.45) is 0. The predicted octanol–water partition coefficient (Wildman–Crippen LogP) is 2.93. The van der Waals surface area contributed by atoms with Crippen LogP contribution in [0, 0.1) is 6.92 Å². The molecule has 0 fully saturated rings. The lowest BCUT2D eigenvalue weighted by Gasteiger charge is -2.07. The van der Waals surface area contributed by atoms with Crippen molar-refractivity contribution in [3.8, 4) is 11.4 Å². The minimum Gasteiger partial charge on any atom is -0.384 e. The Balaban J connectivity index is 1.84. The summed E-state index contributed by atoms with van der Waals surface area (Å²) in [4.78, 5) is 20.2. The van der Waals surface area contributed by atoms with E-state index in [-0.39, 0.29) is 16.9 Å². The first kappa shape index (κ1) is 15.0. The lowest BCUT2D eigenvalue weighted by atomic mass is 10.1. The van der Waals surface area contributed by atoms with E-state index < -0.39 is 0 Å². The average Bonchev–Trinajstić information content (AvgIpc) is 2.93. The van der Waals surface area contributed by atoms with Gasteiger partial charge in [-0.05, 0) is 24.3 Å². The Morgan fingerprint density at radius 3 is 2.78 bits per heavy atom. The number of hydrogen-bond donors (Lipinski definition) is 2. The minimum atomic E-state index is -0.345. The molecule has 0 bridgehead atoms. The highest BCUT2D eigenvalue weighted by Gasteiger charge is 2.11. The Morgan fingerprint density at radius 2 is 2.09 bits per heavy atom.